The predicted molar refractivity (Wildman–Crippen MR) is 78.6 cm³/mol. The average molecular weight is 277 g/mol. The van der Waals surface area contributed by atoms with Gasteiger partial charge in [0.05, 0.1) is 26.9 Å². The highest BCUT2D eigenvalue weighted by Crippen LogP contribution is 2.33. The molecule has 0 amide bonds. The maximum absolute atomic E-state index is 12.2. The van der Waals surface area contributed by atoms with Crippen LogP contribution in [0.3, 0.4) is 0 Å². The lowest BCUT2D eigenvalue weighted by Crippen LogP contribution is -2.42. The molecule has 4 nitrogen and oxygen atoms in total. The molecule has 0 saturated carbocycles. The van der Waals surface area contributed by atoms with Crippen LogP contribution in [-0.4, -0.2) is 40.8 Å². The lowest BCUT2D eigenvalue weighted by Gasteiger charge is -2.31. The third-order valence-electron chi connectivity index (χ3n) is 3.64. The zero-order valence-electron chi connectivity index (χ0n) is 11.1. The Balaban J connectivity index is 1.95. The summed E-state index contributed by atoms with van der Waals surface area (Å²) in [6.45, 7) is 5.80. The minimum atomic E-state index is -1.05. The Morgan fingerprint density at radius 1 is 1.32 bits per heavy atom. The molecule has 102 valence electrons. The topological polar surface area (TPSA) is 58.4 Å². The number of rotatable bonds is 1. The maximum atomic E-state index is 12.2. The number of hydrogen-bond acceptors (Lipinski definition) is 4. The first kappa shape index (κ1) is 12.8. The molecule has 3 rings (SSSR count). The van der Waals surface area contributed by atoms with Crippen molar-refractivity contribution in [3.05, 3.63) is 45.9 Å². The van der Waals surface area contributed by atoms with Gasteiger partial charge in [-0.1, -0.05) is 18.2 Å². The molecule has 2 heterocycles. The van der Waals surface area contributed by atoms with E-state index in [2.05, 4.69) is 10.2 Å². The Morgan fingerprint density at radius 3 is 2.74 bits per heavy atom. The summed E-state index contributed by atoms with van der Waals surface area (Å²) in [6.07, 6.45) is 7.83. The van der Waals surface area contributed by atoms with Gasteiger partial charge >= 0.3 is 0 Å². The first-order chi connectivity index (χ1) is 9.07. The third-order valence-corrected chi connectivity index (χ3v) is 4.86. The molecule has 1 saturated heterocycles. The molecule has 2 unspecified atom stereocenters. The number of nitrogens with two attached hydrogens (primary N) is 1. The second-order valence-electron chi connectivity index (χ2n) is 5.35. The fourth-order valence-electron chi connectivity index (χ4n) is 2.51. The molecule has 1 fully saturated rings. The van der Waals surface area contributed by atoms with Crippen LogP contribution in [0.4, 0.5) is 0 Å². The normalized spacial score (nSPS) is 34.3. The molecule has 19 heavy (non-hydrogen) atoms. The quantitative estimate of drug-likeness (QED) is 0.736. The van der Waals surface area contributed by atoms with Gasteiger partial charge in [-0.2, -0.15) is 0 Å². The smallest absolute Gasteiger partial charge is 0.0803 e. The van der Waals surface area contributed by atoms with Crippen molar-refractivity contribution < 1.29 is 4.21 Å². The van der Waals surface area contributed by atoms with E-state index in [1.54, 1.807) is 0 Å². The summed E-state index contributed by atoms with van der Waals surface area (Å²) in [6, 6.07) is 0. The van der Waals surface area contributed by atoms with Gasteiger partial charge in [0.1, 0.15) is 0 Å². The molecule has 3 N–H and O–H groups in total. The van der Waals surface area contributed by atoms with E-state index in [1.807, 2.05) is 36.6 Å². The predicted octanol–water partition coefficient (Wildman–Crippen LogP) is 0.593. The van der Waals surface area contributed by atoms with Crippen molar-refractivity contribution in [1.29, 1.82) is 0 Å². The summed E-state index contributed by atoms with van der Waals surface area (Å²) in [5, 5.41) is 5.20. The van der Waals surface area contributed by atoms with Gasteiger partial charge in [0.15, 0.2) is 0 Å². The van der Waals surface area contributed by atoms with Crippen molar-refractivity contribution in [3.8, 4) is 0 Å². The van der Waals surface area contributed by atoms with E-state index in [0.29, 0.717) is 0 Å². The summed E-state index contributed by atoms with van der Waals surface area (Å²) >= 11 is 0. The van der Waals surface area contributed by atoms with Crippen LogP contribution in [0.25, 0.3) is 0 Å². The standard InChI is InChI=1S/C14H19N3OS/c1-14(15)4-2-11-12(17-8-6-16-7-9-17)10-19(18)13(11)3-5-14/h2-5,10,16H,6-9,15H2,1H3. The second-order valence-corrected chi connectivity index (χ2v) is 6.62. The molecule has 0 radical (unpaired) electrons. The van der Waals surface area contributed by atoms with Crippen LogP contribution in [0.2, 0.25) is 0 Å². The number of nitrogens with one attached hydrogen (secondary N) is 1. The van der Waals surface area contributed by atoms with Crippen LogP contribution in [0.5, 0.6) is 0 Å². The van der Waals surface area contributed by atoms with Crippen LogP contribution in [0, 0.1) is 0 Å². The van der Waals surface area contributed by atoms with Crippen molar-refractivity contribution in [3.63, 3.8) is 0 Å². The Labute approximate surface area is 116 Å². The summed E-state index contributed by atoms with van der Waals surface area (Å²) in [4.78, 5) is 3.17. The van der Waals surface area contributed by atoms with Crippen LogP contribution < -0.4 is 11.1 Å². The van der Waals surface area contributed by atoms with Crippen molar-refractivity contribution in [2.75, 3.05) is 26.2 Å². The van der Waals surface area contributed by atoms with Crippen molar-refractivity contribution in [2.45, 2.75) is 12.5 Å². The van der Waals surface area contributed by atoms with Crippen molar-refractivity contribution in [1.82, 2.24) is 10.2 Å². The summed E-state index contributed by atoms with van der Waals surface area (Å²) < 4.78 is 12.2. The molecule has 2 aliphatic heterocycles. The Hall–Kier alpha value is -1.17. The third kappa shape index (κ3) is 2.45. The van der Waals surface area contributed by atoms with E-state index in [-0.39, 0.29) is 0 Å². The van der Waals surface area contributed by atoms with E-state index in [1.165, 1.54) is 0 Å². The van der Waals surface area contributed by atoms with Gasteiger partial charge < -0.3 is 16.0 Å². The summed E-state index contributed by atoms with van der Waals surface area (Å²) in [5.41, 5.74) is 7.79. The molecule has 0 aromatic heterocycles. The lowest BCUT2D eigenvalue weighted by molar-refractivity contribution is 0.306. The van der Waals surface area contributed by atoms with E-state index in [4.69, 9.17) is 5.73 Å². The highest BCUT2D eigenvalue weighted by atomic mass is 32.2. The number of allylic oxidation sites excluding steroid dienone is 2. The van der Waals surface area contributed by atoms with Gasteiger partial charge in [-0.25, -0.2) is 4.21 Å². The van der Waals surface area contributed by atoms with E-state index >= 15 is 0 Å². The SMILES string of the molecule is CC1(N)C=CC2=C(C=C1)S(=O)C=C2N1CCNCC1. The average Bonchev–Trinajstić information content (AvgIpc) is 2.62. The Bertz CT molecular complexity index is 537. The molecule has 0 aromatic rings. The van der Waals surface area contributed by atoms with Crippen LogP contribution in [-0.2, 0) is 10.8 Å². The molecular weight excluding hydrogens is 258 g/mol. The number of hydrogen-bond donors (Lipinski definition) is 2. The molecule has 2 atom stereocenters. The number of piperazine rings is 1. The molecule has 0 spiro atoms. The van der Waals surface area contributed by atoms with E-state index < -0.39 is 16.3 Å². The summed E-state index contributed by atoms with van der Waals surface area (Å²) in [7, 11) is -1.05. The number of nitrogens with zero attached hydrogens (tertiary/aromatic N) is 1. The van der Waals surface area contributed by atoms with Gasteiger partial charge in [0, 0.05) is 37.2 Å². The minimum Gasteiger partial charge on any atom is -0.368 e. The van der Waals surface area contributed by atoms with E-state index in [9.17, 15) is 4.21 Å². The van der Waals surface area contributed by atoms with Crippen LogP contribution in [0.1, 0.15) is 6.92 Å². The minimum absolute atomic E-state index is 0.469. The van der Waals surface area contributed by atoms with Gasteiger partial charge in [-0.15, -0.1) is 0 Å². The fraction of sp³-hybridized carbons (Fsp3) is 0.429. The molecule has 0 aromatic carbocycles. The van der Waals surface area contributed by atoms with Crippen molar-refractivity contribution >= 4 is 10.8 Å². The molecule has 1 aliphatic carbocycles. The first-order valence-electron chi connectivity index (χ1n) is 6.57. The van der Waals surface area contributed by atoms with Gasteiger partial charge in [0.2, 0.25) is 0 Å². The zero-order chi connectivity index (χ0) is 13.5. The largest absolute Gasteiger partial charge is 0.368 e. The van der Waals surface area contributed by atoms with Crippen molar-refractivity contribution in [2.24, 2.45) is 5.73 Å². The monoisotopic (exact) mass is 277 g/mol. The highest BCUT2D eigenvalue weighted by Gasteiger charge is 2.27. The Morgan fingerprint density at radius 2 is 2.00 bits per heavy atom. The maximum Gasteiger partial charge on any atom is 0.0803 e. The first-order valence-corrected chi connectivity index (χ1v) is 7.78. The summed E-state index contributed by atoms with van der Waals surface area (Å²) in [5.74, 6) is 0. The van der Waals surface area contributed by atoms with Gasteiger partial charge in [-0.3, -0.25) is 0 Å². The molecule has 3 aliphatic rings. The van der Waals surface area contributed by atoms with E-state index in [0.717, 1.165) is 42.4 Å². The molecule has 5 heteroatoms. The van der Waals surface area contributed by atoms with Gasteiger partial charge in [0.25, 0.3) is 0 Å². The molecular formula is C14H19N3OS. The Kier molecular flexibility index (Phi) is 3.20. The second kappa shape index (κ2) is 4.74. The van der Waals surface area contributed by atoms with Crippen LogP contribution >= 0.6 is 0 Å². The fourth-order valence-corrected chi connectivity index (χ4v) is 3.71. The zero-order valence-corrected chi connectivity index (χ0v) is 11.9. The van der Waals surface area contributed by atoms with Crippen LogP contribution in [0.15, 0.2) is 45.9 Å². The molecule has 0 bridgehead atoms. The highest BCUT2D eigenvalue weighted by molar-refractivity contribution is 7.92. The lowest BCUT2D eigenvalue weighted by atomic mass is 10.0. The van der Waals surface area contributed by atoms with Gasteiger partial charge in [-0.05, 0) is 13.0 Å².